The van der Waals surface area contributed by atoms with Crippen molar-refractivity contribution in [1.82, 2.24) is 10.3 Å². The molecule has 1 amide bonds. The van der Waals surface area contributed by atoms with Gasteiger partial charge in [0.2, 0.25) is 0 Å². The molecule has 0 radical (unpaired) electrons. The Kier molecular flexibility index (Phi) is 3.00. The zero-order chi connectivity index (χ0) is 13.3. The number of carbonyl (C=O) groups is 1. The summed E-state index contributed by atoms with van der Waals surface area (Å²) in [6.45, 7) is 1.04. The minimum Gasteiger partial charge on any atom is -0.386 e. The van der Waals surface area contributed by atoms with Gasteiger partial charge in [-0.15, -0.1) is 0 Å². The topological polar surface area (TPSA) is 74.3 Å². The van der Waals surface area contributed by atoms with E-state index < -0.39 is 5.60 Å². The van der Waals surface area contributed by atoms with Gasteiger partial charge in [0.1, 0.15) is 5.60 Å². The van der Waals surface area contributed by atoms with Crippen molar-refractivity contribution in [2.75, 3.05) is 19.8 Å². The third-order valence-corrected chi connectivity index (χ3v) is 3.48. The number of carbonyl (C=O) groups excluding carboxylic acids is 1. The van der Waals surface area contributed by atoms with Crippen molar-refractivity contribution in [2.24, 2.45) is 0 Å². The quantitative estimate of drug-likeness (QED) is 0.772. The van der Waals surface area contributed by atoms with Gasteiger partial charge in [0.25, 0.3) is 5.91 Å². The summed E-state index contributed by atoms with van der Waals surface area (Å²) < 4.78 is 5.14. The van der Waals surface area contributed by atoms with Crippen LogP contribution >= 0.6 is 0 Å². The lowest BCUT2D eigenvalue weighted by Crippen LogP contribution is -2.43. The molecule has 0 saturated carbocycles. The molecule has 1 atom stereocenters. The molecule has 1 aromatic heterocycles. The van der Waals surface area contributed by atoms with Crippen molar-refractivity contribution in [3.8, 4) is 0 Å². The zero-order valence-corrected chi connectivity index (χ0v) is 10.5. The number of amides is 1. The molecule has 3 rings (SSSR count). The molecule has 1 aliphatic heterocycles. The second kappa shape index (κ2) is 4.68. The van der Waals surface area contributed by atoms with Crippen LogP contribution in [0.25, 0.3) is 10.9 Å². The largest absolute Gasteiger partial charge is 0.386 e. The van der Waals surface area contributed by atoms with E-state index in [2.05, 4.69) is 10.3 Å². The first kappa shape index (κ1) is 12.2. The van der Waals surface area contributed by atoms with Gasteiger partial charge < -0.3 is 20.1 Å². The third-order valence-electron chi connectivity index (χ3n) is 3.48. The van der Waals surface area contributed by atoms with E-state index in [9.17, 15) is 9.90 Å². The summed E-state index contributed by atoms with van der Waals surface area (Å²) in [7, 11) is 0. The predicted octanol–water partition coefficient (Wildman–Crippen LogP) is 1.05. The summed E-state index contributed by atoms with van der Waals surface area (Å²) in [5, 5.41) is 13.8. The molecule has 5 nitrogen and oxygen atoms in total. The number of aliphatic hydroxyl groups is 1. The Bertz CT molecular complexity index is 600. The summed E-state index contributed by atoms with van der Waals surface area (Å²) >= 11 is 0. The standard InChI is InChI=1S/C14H16N2O3/c17-13(16-8-14(18)4-6-19-9-14)11-1-2-12-10(7-11)3-5-15-12/h1-3,5,7,15,18H,4,6,8-9H2,(H,16,17). The molecule has 3 N–H and O–H groups in total. The smallest absolute Gasteiger partial charge is 0.251 e. The van der Waals surface area contributed by atoms with E-state index in [-0.39, 0.29) is 19.1 Å². The first-order chi connectivity index (χ1) is 9.16. The Hall–Kier alpha value is -1.85. The van der Waals surface area contributed by atoms with E-state index in [1.807, 2.05) is 24.4 Å². The van der Waals surface area contributed by atoms with Gasteiger partial charge in [-0.2, -0.15) is 0 Å². The molecular weight excluding hydrogens is 244 g/mol. The summed E-state index contributed by atoms with van der Waals surface area (Å²) in [5.74, 6) is -0.177. The second-order valence-electron chi connectivity index (χ2n) is 4.99. The SMILES string of the molecule is O=C(NCC1(O)CCOC1)c1ccc2[nH]ccc2c1. The first-order valence-electron chi connectivity index (χ1n) is 6.32. The van der Waals surface area contributed by atoms with E-state index >= 15 is 0 Å². The molecule has 2 heterocycles. The van der Waals surface area contributed by atoms with Crippen molar-refractivity contribution in [3.05, 3.63) is 36.0 Å². The number of hydrogen-bond donors (Lipinski definition) is 3. The highest BCUT2D eigenvalue weighted by atomic mass is 16.5. The number of benzene rings is 1. The molecular formula is C14H16N2O3. The van der Waals surface area contributed by atoms with Gasteiger partial charge in [-0.1, -0.05) is 0 Å². The minimum absolute atomic E-state index is 0.177. The molecule has 0 bridgehead atoms. The van der Waals surface area contributed by atoms with Gasteiger partial charge in [0, 0.05) is 42.2 Å². The second-order valence-corrected chi connectivity index (χ2v) is 4.99. The molecule has 1 saturated heterocycles. The number of aromatic amines is 1. The third kappa shape index (κ3) is 2.47. The Balaban J connectivity index is 1.69. The summed E-state index contributed by atoms with van der Waals surface area (Å²) in [5.41, 5.74) is 0.669. The Morgan fingerprint density at radius 1 is 1.47 bits per heavy atom. The summed E-state index contributed by atoms with van der Waals surface area (Å²) in [6.07, 6.45) is 2.40. The number of fused-ring (bicyclic) bond motifs is 1. The normalized spacial score (nSPS) is 22.8. The molecule has 100 valence electrons. The maximum absolute atomic E-state index is 12.0. The van der Waals surface area contributed by atoms with Crippen LogP contribution in [0.4, 0.5) is 0 Å². The zero-order valence-electron chi connectivity index (χ0n) is 10.5. The molecule has 0 aliphatic carbocycles. The van der Waals surface area contributed by atoms with Crippen LogP contribution in [0.3, 0.4) is 0 Å². The van der Waals surface area contributed by atoms with Crippen molar-refractivity contribution < 1.29 is 14.6 Å². The van der Waals surface area contributed by atoms with Crippen molar-refractivity contribution >= 4 is 16.8 Å². The average molecular weight is 260 g/mol. The van der Waals surface area contributed by atoms with Gasteiger partial charge >= 0.3 is 0 Å². The highest BCUT2D eigenvalue weighted by Gasteiger charge is 2.32. The lowest BCUT2D eigenvalue weighted by molar-refractivity contribution is 0.0264. The Morgan fingerprint density at radius 2 is 2.37 bits per heavy atom. The van der Waals surface area contributed by atoms with Gasteiger partial charge in [-0.25, -0.2) is 0 Å². The number of rotatable bonds is 3. The minimum atomic E-state index is -0.923. The van der Waals surface area contributed by atoms with E-state index in [0.717, 1.165) is 10.9 Å². The summed E-state index contributed by atoms with van der Waals surface area (Å²) in [6, 6.07) is 7.39. The maximum Gasteiger partial charge on any atom is 0.251 e. The molecule has 1 unspecified atom stereocenters. The lowest BCUT2D eigenvalue weighted by atomic mass is 10.0. The summed E-state index contributed by atoms with van der Waals surface area (Å²) in [4.78, 5) is 15.1. The van der Waals surface area contributed by atoms with Crippen LogP contribution in [0.1, 0.15) is 16.8 Å². The predicted molar refractivity (Wildman–Crippen MR) is 71.0 cm³/mol. The number of nitrogens with one attached hydrogen (secondary N) is 2. The van der Waals surface area contributed by atoms with Gasteiger partial charge in [0.05, 0.1) is 6.61 Å². The number of hydrogen-bond acceptors (Lipinski definition) is 3. The van der Waals surface area contributed by atoms with Crippen LogP contribution in [0.5, 0.6) is 0 Å². The number of aromatic nitrogens is 1. The van der Waals surface area contributed by atoms with Crippen LogP contribution in [-0.2, 0) is 4.74 Å². The van der Waals surface area contributed by atoms with Crippen LogP contribution in [0.15, 0.2) is 30.5 Å². The molecule has 5 heteroatoms. The fraction of sp³-hybridized carbons (Fsp3) is 0.357. The first-order valence-corrected chi connectivity index (χ1v) is 6.32. The van der Waals surface area contributed by atoms with E-state index in [1.165, 1.54) is 0 Å². The van der Waals surface area contributed by atoms with Gasteiger partial charge in [0.15, 0.2) is 0 Å². The maximum atomic E-state index is 12.0. The molecule has 0 spiro atoms. The van der Waals surface area contributed by atoms with E-state index in [0.29, 0.717) is 18.6 Å². The fourth-order valence-electron chi connectivity index (χ4n) is 2.28. The van der Waals surface area contributed by atoms with Crippen LogP contribution in [0.2, 0.25) is 0 Å². The van der Waals surface area contributed by atoms with E-state index in [4.69, 9.17) is 4.74 Å². The van der Waals surface area contributed by atoms with Crippen molar-refractivity contribution in [3.63, 3.8) is 0 Å². The van der Waals surface area contributed by atoms with Crippen LogP contribution in [-0.4, -0.2) is 41.4 Å². The fourth-order valence-corrected chi connectivity index (χ4v) is 2.28. The number of ether oxygens (including phenoxy) is 1. The van der Waals surface area contributed by atoms with Gasteiger partial charge in [-0.3, -0.25) is 4.79 Å². The van der Waals surface area contributed by atoms with Crippen molar-refractivity contribution in [2.45, 2.75) is 12.0 Å². The lowest BCUT2D eigenvalue weighted by Gasteiger charge is -2.20. The molecule has 19 heavy (non-hydrogen) atoms. The van der Waals surface area contributed by atoms with Crippen LogP contribution in [0, 0.1) is 0 Å². The van der Waals surface area contributed by atoms with Crippen molar-refractivity contribution in [1.29, 1.82) is 0 Å². The van der Waals surface area contributed by atoms with Gasteiger partial charge in [-0.05, 0) is 24.3 Å². The Labute approximate surface area is 110 Å². The Morgan fingerprint density at radius 3 is 3.16 bits per heavy atom. The average Bonchev–Trinajstić information content (AvgIpc) is 3.04. The molecule has 1 fully saturated rings. The monoisotopic (exact) mass is 260 g/mol. The molecule has 1 aliphatic rings. The highest BCUT2D eigenvalue weighted by Crippen LogP contribution is 2.18. The molecule has 2 aromatic rings. The molecule has 1 aromatic carbocycles. The van der Waals surface area contributed by atoms with Crippen LogP contribution < -0.4 is 5.32 Å². The van der Waals surface area contributed by atoms with E-state index in [1.54, 1.807) is 6.07 Å². The highest BCUT2D eigenvalue weighted by molar-refractivity contribution is 5.98. The number of H-pyrrole nitrogens is 1.